The predicted octanol–water partition coefficient (Wildman–Crippen LogP) is 1.75. The minimum atomic E-state index is -0.226. The number of hydrogen-bond acceptors (Lipinski definition) is 3. The van der Waals surface area contributed by atoms with Crippen molar-refractivity contribution in [1.29, 1.82) is 0 Å². The lowest BCUT2D eigenvalue weighted by molar-refractivity contribution is -0.0704. The zero-order valence-electron chi connectivity index (χ0n) is 8.18. The lowest BCUT2D eigenvalue weighted by Gasteiger charge is -2.10. The van der Waals surface area contributed by atoms with Gasteiger partial charge in [0.05, 0.1) is 13.2 Å². The Morgan fingerprint density at radius 2 is 2.14 bits per heavy atom. The summed E-state index contributed by atoms with van der Waals surface area (Å²) in [5.41, 5.74) is 1.06. The van der Waals surface area contributed by atoms with Crippen LogP contribution in [0.15, 0.2) is 30.3 Å². The van der Waals surface area contributed by atoms with Crippen molar-refractivity contribution >= 4 is 0 Å². The molecule has 1 saturated heterocycles. The van der Waals surface area contributed by atoms with E-state index >= 15 is 0 Å². The molecule has 3 heteroatoms. The fourth-order valence-corrected chi connectivity index (χ4v) is 1.51. The van der Waals surface area contributed by atoms with Crippen molar-refractivity contribution in [3.8, 4) is 0 Å². The normalized spacial score (nSPS) is 26.6. The lowest BCUT2D eigenvalue weighted by Crippen LogP contribution is -2.16. The van der Waals surface area contributed by atoms with E-state index in [1.807, 2.05) is 30.3 Å². The third-order valence-corrected chi connectivity index (χ3v) is 2.17. The minimum Gasteiger partial charge on any atom is -0.382 e. The van der Waals surface area contributed by atoms with Gasteiger partial charge in [0.1, 0.15) is 6.10 Å². The maximum atomic E-state index is 5.64. The van der Waals surface area contributed by atoms with Crippen molar-refractivity contribution in [3.05, 3.63) is 35.9 Å². The molecule has 1 aliphatic heterocycles. The quantitative estimate of drug-likeness (QED) is 0.733. The second kappa shape index (κ2) is 4.55. The summed E-state index contributed by atoms with van der Waals surface area (Å²) in [6.07, 6.45) is -0.165. The summed E-state index contributed by atoms with van der Waals surface area (Å²) in [4.78, 5) is 0. The van der Waals surface area contributed by atoms with Gasteiger partial charge in [0.2, 0.25) is 0 Å². The molecule has 0 aliphatic carbocycles. The first kappa shape index (κ1) is 9.65. The zero-order chi connectivity index (χ0) is 9.80. The summed E-state index contributed by atoms with van der Waals surface area (Å²) in [7, 11) is 1.67. The fourth-order valence-electron chi connectivity index (χ4n) is 1.51. The van der Waals surface area contributed by atoms with Crippen LogP contribution < -0.4 is 0 Å². The van der Waals surface area contributed by atoms with Crippen LogP contribution in [0.25, 0.3) is 0 Å². The molecule has 0 radical (unpaired) electrons. The van der Waals surface area contributed by atoms with Crippen LogP contribution in [0.4, 0.5) is 0 Å². The Bertz CT molecular complexity index is 273. The average molecular weight is 194 g/mol. The van der Waals surface area contributed by atoms with E-state index in [1.165, 1.54) is 0 Å². The topological polar surface area (TPSA) is 27.7 Å². The molecule has 2 unspecified atom stereocenters. The first-order valence-corrected chi connectivity index (χ1v) is 4.71. The first-order valence-electron chi connectivity index (χ1n) is 4.71. The standard InChI is InChI=1S/C11H14O3/c1-12-7-10-8-13-11(14-10)9-5-3-2-4-6-9/h2-6,10-11H,7-8H2,1H3. The number of hydrogen-bond donors (Lipinski definition) is 0. The molecule has 0 N–H and O–H groups in total. The van der Waals surface area contributed by atoms with E-state index in [1.54, 1.807) is 7.11 Å². The molecule has 1 aromatic carbocycles. The lowest BCUT2D eigenvalue weighted by atomic mass is 10.2. The summed E-state index contributed by atoms with van der Waals surface area (Å²) in [6.45, 7) is 1.19. The molecule has 0 amide bonds. The van der Waals surface area contributed by atoms with E-state index < -0.39 is 0 Å². The van der Waals surface area contributed by atoms with Crippen molar-refractivity contribution in [3.63, 3.8) is 0 Å². The van der Waals surface area contributed by atoms with E-state index in [4.69, 9.17) is 14.2 Å². The van der Waals surface area contributed by atoms with Crippen LogP contribution >= 0.6 is 0 Å². The van der Waals surface area contributed by atoms with Crippen LogP contribution in [0.5, 0.6) is 0 Å². The maximum Gasteiger partial charge on any atom is 0.184 e. The monoisotopic (exact) mass is 194 g/mol. The molecule has 0 saturated carbocycles. The molecule has 3 nitrogen and oxygen atoms in total. The number of rotatable bonds is 3. The Hall–Kier alpha value is -0.900. The summed E-state index contributed by atoms with van der Waals surface area (Å²) in [5, 5.41) is 0. The van der Waals surface area contributed by atoms with E-state index in [0.29, 0.717) is 13.2 Å². The van der Waals surface area contributed by atoms with Crippen molar-refractivity contribution in [2.24, 2.45) is 0 Å². The smallest absolute Gasteiger partial charge is 0.184 e. The highest BCUT2D eigenvalue weighted by Crippen LogP contribution is 2.26. The van der Waals surface area contributed by atoms with Crippen LogP contribution in [-0.2, 0) is 14.2 Å². The van der Waals surface area contributed by atoms with E-state index in [9.17, 15) is 0 Å². The third kappa shape index (κ3) is 2.12. The van der Waals surface area contributed by atoms with Gasteiger partial charge in [0, 0.05) is 12.7 Å². The Morgan fingerprint density at radius 1 is 1.36 bits per heavy atom. The summed E-state index contributed by atoms with van der Waals surface area (Å²) in [5.74, 6) is 0. The molecular formula is C11H14O3. The predicted molar refractivity (Wildman–Crippen MR) is 51.9 cm³/mol. The van der Waals surface area contributed by atoms with Gasteiger partial charge in [-0.3, -0.25) is 0 Å². The van der Waals surface area contributed by atoms with Gasteiger partial charge in [-0.2, -0.15) is 0 Å². The largest absolute Gasteiger partial charge is 0.382 e. The molecule has 0 aromatic heterocycles. The molecule has 14 heavy (non-hydrogen) atoms. The second-order valence-corrected chi connectivity index (χ2v) is 3.29. The van der Waals surface area contributed by atoms with Crippen molar-refractivity contribution in [2.45, 2.75) is 12.4 Å². The van der Waals surface area contributed by atoms with E-state index in [-0.39, 0.29) is 12.4 Å². The Balaban J connectivity index is 1.96. The summed E-state index contributed by atoms with van der Waals surface area (Å²) < 4.78 is 16.1. The second-order valence-electron chi connectivity index (χ2n) is 3.29. The van der Waals surface area contributed by atoms with Gasteiger partial charge < -0.3 is 14.2 Å². The van der Waals surface area contributed by atoms with Gasteiger partial charge >= 0.3 is 0 Å². The molecule has 1 fully saturated rings. The summed E-state index contributed by atoms with van der Waals surface area (Å²) >= 11 is 0. The van der Waals surface area contributed by atoms with Crippen molar-refractivity contribution in [2.75, 3.05) is 20.3 Å². The van der Waals surface area contributed by atoms with Crippen LogP contribution in [0.1, 0.15) is 11.9 Å². The van der Waals surface area contributed by atoms with Crippen LogP contribution in [0, 0.1) is 0 Å². The van der Waals surface area contributed by atoms with Gasteiger partial charge in [0.15, 0.2) is 6.29 Å². The highest BCUT2D eigenvalue weighted by atomic mass is 16.7. The van der Waals surface area contributed by atoms with Gasteiger partial charge in [-0.25, -0.2) is 0 Å². The Morgan fingerprint density at radius 3 is 2.86 bits per heavy atom. The first-order chi connectivity index (χ1) is 6.90. The SMILES string of the molecule is COCC1COC(c2ccccc2)O1. The molecule has 2 rings (SSSR count). The molecule has 0 spiro atoms. The molecule has 1 heterocycles. The number of methoxy groups -OCH3 is 1. The Kier molecular flexibility index (Phi) is 3.14. The number of ether oxygens (including phenoxy) is 3. The van der Waals surface area contributed by atoms with Gasteiger partial charge in [-0.1, -0.05) is 30.3 Å². The van der Waals surface area contributed by atoms with Gasteiger partial charge in [-0.05, 0) is 0 Å². The molecule has 76 valence electrons. The van der Waals surface area contributed by atoms with Crippen molar-refractivity contribution < 1.29 is 14.2 Å². The Labute approximate surface area is 83.6 Å². The minimum absolute atomic E-state index is 0.0604. The fraction of sp³-hybridized carbons (Fsp3) is 0.455. The molecule has 1 aliphatic rings. The van der Waals surface area contributed by atoms with Crippen LogP contribution in [-0.4, -0.2) is 26.4 Å². The number of benzene rings is 1. The zero-order valence-corrected chi connectivity index (χ0v) is 8.18. The van der Waals surface area contributed by atoms with E-state index in [0.717, 1.165) is 5.56 Å². The van der Waals surface area contributed by atoms with Crippen LogP contribution in [0.2, 0.25) is 0 Å². The van der Waals surface area contributed by atoms with Gasteiger partial charge in [-0.15, -0.1) is 0 Å². The van der Waals surface area contributed by atoms with Crippen molar-refractivity contribution in [1.82, 2.24) is 0 Å². The molecular weight excluding hydrogens is 180 g/mol. The summed E-state index contributed by atoms with van der Waals surface area (Å²) in [6, 6.07) is 9.93. The van der Waals surface area contributed by atoms with Gasteiger partial charge in [0.25, 0.3) is 0 Å². The average Bonchev–Trinajstić information content (AvgIpc) is 2.68. The maximum absolute atomic E-state index is 5.64. The highest BCUT2D eigenvalue weighted by Gasteiger charge is 2.26. The molecule has 2 atom stereocenters. The van der Waals surface area contributed by atoms with Crippen LogP contribution in [0.3, 0.4) is 0 Å². The molecule has 1 aromatic rings. The molecule has 0 bridgehead atoms. The highest BCUT2D eigenvalue weighted by molar-refractivity contribution is 5.16. The third-order valence-electron chi connectivity index (χ3n) is 2.17. The van der Waals surface area contributed by atoms with E-state index in [2.05, 4.69) is 0 Å².